The van der Waals surface area contributed by atoms with Crippen LogP contribution in [0.5, 0.6) is 0 Å². The molecule has 0 saturated heterocycles. The van der Waals surface area contributed by atoms with Crippen molar-refractivity contribution in [1.29, 1.82) is 0 Å². The van der Waals surface area contributed by atoms with Gasteiger partial charge in [-0.3, -0.25) is 4.79 Å². The summed E-state index contributed by atoms with van der Waals surface area (Å²) in [4.78, 5) is 11.5. The fraction of sp³-hybridized carbons (Fsp3) is 0.357. The van der Waals surface area contributed by atoms with Crippen LogP contribution in [0.2, 0.25) is 5.02 Å². The van der Waals surface area contributed by atoms with Crippen LogP contribution in [0.4, 0.5) is 0 Å². The van der Waals surface area contributed by atoms with E-state index < -0.39 is 10.0 Å². The van der Waals surface area contributed by atoms with E-state index in [2.05, 4.69) is 5.32 Å². The Labute approximate surface area is 130 Å². The molecule has 5 nitrogen and oxygen atoms in total. The van der Waals surface area contributed by atoms with Gasteiger partial charge in [-0.25, -0.2) is 8.42 Å². The van der Waals surface area contributed by atoms with E-state index in [4.69, 9.17) is 11.6 Å². The fourth-order valence-electron chi connectivity index (χ4n) is 1.62. The van der Waals surface area contributed by atoms with Crippen LogP contribution in [0.3, 0.4) is 0 Å². The first-order valence-corrected chi connectivity index (χ1v) is 8.47. The summed E-state index contributed by atoms with van der Waals surface area (Å²) >= 11 is 5.77. The van der Waals surface area contributed by atoms with Crippen molar-refractivity contribution in [3.8, 4) is 0 Å². The molecule has 0 aliphatic rings. The van der Waals surface area contributed by atoms with Crippen LogP contribution < -0.4 is 5.32 Å². The molecule has 0 fully saturated rings. The van der Waals surface area contributed by atoms with Gasteiger partial charge in [-0.1, -0.05) is 30.7 Å². The topological polar surface area (TPSA) is 66.5 Å². The maximum Gasteiger partial charge on any atom is 0.236 e. The molecule has 0 heterocycles. The summed E-state index contributed by atoms with van der Waals surface area (Å²) in [5.74, 6) is -0.317. The number of halogens is 1. The van der Waals surface area contributed by atoms with Crippen molar-refractivity contribution < 1.29 is 13.2 Å². The first-order valence-electron chi connectivity index (χ1n) is 6.59. The van der Waals surface area contributed by atoms with Gasteiger partial charge in [0.15, 0.2) is 0 Å². The minimum atomic E-state index is -3.64. The van der Waals surface area contributed by atoms with Crippen molar-refractivity contribution in [3.63, 3.8) is 0 Å². The Hall–Kier alpha value is -1.37. The Bertz CT molecular complexity index is 597. The number of likely N-dealkylation sites (N-methyl/N-ethyl adjacent to an activating group) is 2. The summed E-state index contributed by atoms with van der Waals surface area (Å²) in [6, 6.07) is 6.79. The molecule has 0 radical (unpaired) electrons. The van der Waals surface area contributed by atoms with Crippen LogP contribution >= 0.6 is 11.6 Å². The Balaban J connectivity index is 2.82. The van der Waals surface area contributed by atoms with Crippen LogP contribution in [-0.4, -0.2) is 38.3 Å². The number of hydrogen-bond donors (Lipinski definition) is 1. The minimum Gasteiger partial charge on any atom is -0.355 e. The Morgan fingerprint density at radius 2 is 1.90 bits per heavy atom. The number of nitrogens with one attached hydrogen (secondary N) is 1. The molecule has 1 amide bonds. The van der Waals surface area contributed by atoms with E-state index in [0.29, 0.717) is 11.6 Å². The summed E-state index contributed by atoms with van der Waals surface area (Å²) in [6.07, 6.45) is 1.48. The summed E-state index contributed by atoms with van der Waals surface area (Å²) < 4.78 is 25.5. The van der Waals surface area contributed by atoms with Crippen molar-refractivity contribution in [2.75, 3.05) is 19.6 Å². The molecule has 0 aliphatic heterocycles. The molecular formula is C14H19ClN2O3S. The van der Waals surface area contributed by atoms with Crippen molar-refractivity contribution in [2.24, 2.45) is 0 Å². The lowest BCUT2D eigenvalue weighted by Gasteiger charge is -2.17. The summed E-state index contributed by atoms with van der Waals surface area (Å²) in [6.45, 7) is 3.98. The maximum absolute atomic E-state index is 12.2. The number of rotatable bonds is 7. The molecule has 1 aromatic carbocycles. The van der Waals surface area contributed by atoms with Gasteiger partial charge >= 0.3 is 0 Å². The maximum atomic E-state index is 12.2. The molecular weight excluding hydrogens is 312 g/mol. The predicted molar refractivity (Wildman–Crippen MR) is 85.3 cm³/mol. The largest absolute Gasteiger partial charge is 0.355 e. The first kappa shape index (κ1) is 17.7. The second-order valence-electron chi connectivity index (χ2n) is 4.28. The molecule has 0 unspecified atom stereocenters. The third kappa shape index (κ3) is 5.87. The number of carbonyl (C=O) groups is 1. The van der Waals surface area contributed by atoms with Gasteiger partial charge in [-0.2, -0.15) is 4.31 Å². The average Bonchev–Trinajstić information content (AvgIpc) is 2.44. The number of nitrogens with zero attached hydrogens (tertiary/aromatic N) is 1. The Morgan fingerprint density at radius 1 is 1.29 bits per heavy atom. The van der Waals surface area contributed by atoms with E-state index in [1.54, 1.807) is 38.1 Å². The van der Waals surface area contributed by atoms with Crippen molar-refractivity contribution >= 4 is 33.6 Å². The molecule has 0 saturated carbocycles. The van der Waals surface area contributed by atoms with Gasteiger partial charge in [0.1, 0.15) is 0 Å². The third-order valence-corrected chi connectivity index (χ3v) is 4.55. The van der Waals surface area contributed by atoms with E-state index in [-0.39, 0.29) is 19.0 Å². The molecule has 0 atom stereocenters. The van der Waals surface area contributed by atoms with E-state index in [1.165, 1.54) is 6.08 Å². The first-order chi connectivity index (χ1) is 9.89. The summed E-state index contributed by atoms with van der Waals surface area (Å²) in [7, 11) is -3.64. The highest BCUT2D eigenvalue weighted by molar-refractivity contribution is 7.92. The number of amides is 1. The van der Waals surface area contributed by atoms with Gasteiger partial charge in [0.05, 0.1) is 6.54 Å². The lowest BCUT2D eigenvalue weighted by atomic mass is 10.2. The standard InChI is InChI=1S/C14H19ClN2O3S/c1-3-16-14(18)11-17(4-2)21(19,20)10-9-12-5-7-13(15)8-6-12/h5-10H,3-4,11H2,1-2H3,(H,16,18). The number of sulfonamides is 1. The molecule has 0 spiro atoms. The van der Waals surface area contributed by atoms with E-state index >= 15 is 0 Å². The van der Waals surface area contributed by atoms with Crippen LogP contribution in [-0.2, 0) is 14.8 Å². The Morgan fingerprint density at radius 3 is 2.43 bits per heavy atom. The van der Waals surface area contributed by atoms with E-state index in [1.807, 2.05) is 0 Å². The predicted octanol–water partition coefficient (Wildman–Crippen LogP) is 2.10. The van der Waals surface area contributed by atoms with Crippen LogP contribution in [0.25, 0.3) is 6.08 Å². The molecule has 7 heteroatoms. The van der Waals surface area contributed by atoms with Gasteiger partial charge < -0.3 is 5.32 Å². The zero-order chi connectivity index (χ0) is 15.9. The lowest BCUT2D eigenvalue weighted by molar-refractivity contribution is -0.121. The molecule has 116 valence electrons. The molecule has 0 aliphatic carbocycles. The lowest BCUT2D eigenvalue weighted by Crippen LogP contribution is -2.39. The van der Waals surface area contributed by atoms with Gasteiger partial charge in [0, 0.05) is 23.5 Å². The van der Waals surface area contributed by atoms with Crippen molar-refractivity contribution in [3.05, 3.63) is 40.3 Å². The van der Waals surface area contributed by atoms with Gasteiger partial charge in [-0.15, -0.1) is 0 Å². The monoisotopic (exact) mass is 330 g/mol. The third-order valence-electron chi connectivity index (χ3n) is 2.71. The SMILES string of the molecule is CCNC(=O)CN(CC)S(=O)(=O)C=Cc1ccc(Cl)cc1. The van der Waals surface area contributed by atoms with Gasteiger partial charge in [0.25, 0.3) is 0 Å². The smallest absolute Gasteiger partial charge is 0.236 e. The Kier molecular flexibility index (Phi) is 6.87. The normalized spacial score (nSPS) is 12.0. The second kappa shape index (κ2) is 8.17. The van der Waals surface area contributed by atoms with E-state index in [0.717, 1.165) is 15.3 Å². The molecule has 21 heavy (non-hydrogen) atoms. The van der Waals surface area contributed by atoms with Crippen molar-refractivity contribution in [1.82, 2.24) is 9.62 Å². The van der Waals surface area contributed by atoms with Gasteiger partial charge in [0.2, 0.25) is 15.9 Å². The van der Waals surface area contributed by atoms with Crippen molar-refractivity contribution in [2.45, 2.75) is 13.8 Å². The molecule has 1 N–H and O–H groups in total. The van der Waals surface area contributed by atoms with Crippen LogP contribution in [0.1, 0.15) is 19.4 Å². The quantitative estimate of drug-likeness (QED) is 0.832. The molecule has 0 bridgehead atoms. The summed E-state index contributed by atoms with van der Waals surface area (Å²) in [5, 5.41) is 4.26. The summed E-state index contributed by atoms with van der Waals surface area (Å²) in [5.41, 5.74) is 0.719. The highest BCUT2D eigenvalue weighted by Crippen LogP contribution is 2.12. The average molecular weight is 331 g/mol. The fourth-order valence-corrected chi connectivity index (χ4v) is 2.90. The van der Waals surface area contributed by atoms with E-state index in [9.17, 15) is 13.2 Å². The number of benzene rings is 1. The van der Waals surface area contributed by atoms with Crippen LogP contribution in [0.15, 0.2) is 29.7 Å². The number of carbonyl (C=O) groups excluding carboxylic acids is 1. The highest BCUT2D eigenvalue weighted by atomic mass is 35.5. The highest BCUT2D eigenvalue weighted by Gasteiger charge is 2.19. The van der Waals surface area contributed by atoms with Gasteiger partial charge in [-0.05, 0) is 30.7 Å². The molecule has 1 aromatic rings. The molecule has 0 aromatic heterocycles. The van der Waals surface area contributed by atoms with Crippen LogP contribution in [0, 0.1) is 0 Å². The zero-order valence-corrected chi connectivity index (χ0v) is 13.6. The second-order valence-corrected chi connectivity index (χ2v) is 6.53. The minimum absolute atomic E-state index is 0.183. The number of hydrogen-bond acceptors (Lipinski definition) is 3. The zero-order valence-electron chi connectivity index (χ0n) is 12.0. The molecule has 1 rings (SSSR count).